The fourth-order valence-electron chi connectivity index (χ4n) is 4.40. The van der Waals surface area contributed by atoms with Gasteiger partial charge in [0, 0.05) is 29.2 Å². The number of para-hydroxylation sites is 1. The number of rotatable bonds is 4. The summed E-state index contributed by atoms with van der Waals surface area (Å²) in [6.07, 6.45) is 3.68. The summed E-state index contributed by atoms with van der Waals surface area (Å²) in [5.41, 5.74) is 6.90. The van der Waals surface area contributed by atoms with Gasteiger partial charge in [-0.2, -0.15) is 0 Å². The maximum absolute atomic E-state index is 5.97. The van der Waals surface area contributed by atoms with Crippen molar-refractivity contribution in [1.29, 1.82) is 0 Å². The Morgan fingerprint density at radius 2 is 1.47 bits per heavy atom. The highest BCUT2D eigenvalue weighted by Crippen LogP contribution is 2.35. The Morgan fingerprint density at radius 1 is 0.647 bits per heavy atom. The van der Waals surface area contributed by atoms with Crippen molar-refractivity contribution in [2.24, 2.45) is 0 Å². The highest BCUT2D eigenvalue weighted by Gasteiger charge is 2.14. The van der Waals surface area contributed by atoms with Gasteiger partial charge in [0.25, 0.3) is 0 Å². The minimum atomic E-state index is 0.580. The van der Waals surface area contributed by atoms with Gasteiger partial charge in [0.2, 0.25) is 5.88 Å². The van der Waals surface area contributed by atoms with Gasteiger partial charge in [0.05, 0.1) is 11.0 Å². The quantitative estimate of drug-likeness (QED) is 0.282. The second-order valence-corrected chi connectivity index (χ2v) is 8.51. The van der Waals surface area contributed by atoms with Crippen molar-refractivity contribution in [2.75, 3.05) is 0 Å². The normalized spacial score (nSPS) is 11.2. The van der Waals surface area contributed by atoms with Crippen LogP contribution in [0.5, 0.6) is 11.6 Å². The van der Waals surface area contributed by atoms with Gasteiger partial charge in [0.15, 0.2) is 0 Å². The van der Waals surface area contributed by atoms with E-state index in [0.29, 0.717) is 5.88 Å². The number of nitrogens with zero attached hydrogens (tertiary/aromatic N) is 3. The predicted molar refractivity (Wildman–Crippen MR) is 138 cm³/mol. The zero-order chi connectivity index (χ0) is 23.1. The molecule has 3 aromatic carbocycles. The van der Waals surface area contributed by atoms with Crippen molar-refractivity contribution in [1.82, 2.24) is 14.5 Å². The van der Waals surface area contributed by atoms with Gasteiger partial charge in [0.1, 0.15) is 11.6 Å². The summed E-state index contributed by atoms with van der Waals surface area (Å²) in [6.45, 7) is 4.23. The van der Waals surface area contributed by atoms with Crippen molar-refractivity contribution >= 4 is 21.8 Å². The first-order valence-corrected chi connectivity index (χ1v) is 11.3. The number of aryl methyl sites for hydroxylation is 2. The molecule has 0 aliphatic rings. The molecule has 0 aliphatic heterocycles. The van der Waals surface area contributed by atoms with Gasteiger partial charge in [-0.05, 0) is 72.5 Å². The summed E-state index contributed by atoms with van der Waals surface area (Å²) in [5.74, 6) is 2.27. The predicted octanol–water partition coefficient (Wildman–Crippen LogP) is 7.65. The molecule has 0 bridgehead atoms. The number of benzene rings is 3. The number of aromatic nitrogens is 3. The summed E-state index contributed by atoms with van der Waals surface area (Å²) in [4.78, 5) is 9.05. The van der Waals surface area contributed by atoms with E-state index in [0.717, 1.165) is 33.7 Å². The van der Waals surface area contributed by atoms with Gasteiger partial charge in [-0.1, -0.05) is 48.5 Å². The molecule has 0 unspecified atom stereocenters. The molecule has 6 rings (SSSR count). The van der Waals surface area contributed by atoms with Crippen molar-refractivity contribution in [2.45, 2.75) is 13.8 Å². The Kier molecular flexibility index (Phi) is 4.84. The van der Waals surface area contributed by atoms with Crippen LogP contribution < -0.4 is 4.74 Å². The molecule has 4 nitrogen and oxygen atoms in total. The van der Waals surface area contributed by atoms with Crippen LogP contribution in [0.4, 0.5) is 0 Å². The topological polar surface area (TPSA) is 39.9 Å². The van der Waals surface area contributed by atoms with Gasteiger partial charge in [-0.15, -0.1) is 0 Å². The van der Waals surface area contributed by atoms with Crippen molar-refractivity contribution in [3.05, 3.63) is 115 Å². The minimum absolute atomic E-state index is 0.580. The zero-order valence-electron chi connectivity index (χ0n) is 19.1. The Hall–Kier alpha value is -4.44. The molecule has 3 aromatic heterocycles. The average molecular weight is 442 g/mol. The van der Waals surface area contributed by atoms with Gasteiger partial charge >= 0.3 is 0 Å². The smallest absolute Gasteiger partial charge is 0.219 e. The molecule has 0 amide bonds. The third-order valence-electron chi connectivity index (χ3n) is 6.29. The largest absolute Gasteiger partial charge is 0.439 e. The standard InChI is InChI=1S/C30H23N3O/c1-20-16-29(32-19-21(20)2)33-27-11-4-3-10-25(27)26-14-13-23(18-28(26)33)22-8-7-9-24(17-22)34-30-12-5-6-15-31-30/h3-19H,1-2H3. The van der Waals surface area contributed by atoms with E-state index in [1.165, 1.54) is 21.9 Å². The van der Waals surface area contributed by atoms with Crippen LogP contribution in [-0.2, 0) is 0 Å². The fraction of sp³-hybridized carbons (Fsp3) is 0.0667. The number of hydrogen-bond acceptors (Lipinski definition) is 3. The molecule has 0 atom stereocenters. The van der Waals surface area contributed by atoms with Crippen LogP contribution >= 0.6 is 0 Å². The first kappa shape index (κ1) is 20.2. The highest BCUT2D eigenvalue weighted by molar-refractivity contribution is 6.10. The molecule has 4 heteroatoms. The van der Waals surface area contributed by atoms with E-state index in [-0.39, 0.29) is 0 Å². The lowest BCUT2D eigenvalue weighted by atomic mass is 10.0. The number of pyridine rings is 2. The van der Waals surface area contributed by atoms with Gasteiger partial charge in [-0.3, -0.25) is 4.57 Å². The Morgan fingerprint density at radius 3 is 2.32 bits per heavy atom. The maximum Gasteiger partial charge on any atom is 0.219 e. The molecule has 164 valence electrons. The summed E-state index contributed by atoms with van der Waals surface area (Å²) in [5, 5.41) is 2.43. The van der Waals surface area contributed by atoms with E-state index >= 15 is 0 Å². The van der Waals surface area contributed by atoms with E-state index in [2.05, 4.69) is 84.1 Å². The van der Waals surface area contributed by atoms with Crippen molar-refractivity contribution in [3.63, 3.8) is 0 Å². The molecular weight excluding hydrogens is 418 g/mol. The van der Waals surface area contributed by atoms with Crippen LogP contribution in [0.3, 0.4) is 0 Å². The van der Waals surface area contributed by atoms with E-state index in [1.807, 2.05) is 36.5 Å². The molecule has 3 heterocycles. The Balaban J connectivity index is 1.51. The Bertz CT molecular complexity index is 1650. The maximum atomic E-state index is 5.97. The van der Waals surface area contributed by atoms with Crippen molar-refractivity contribution in [3.8, 4) is 28.6 Å². The van der Waals surface area contributed by atoms with E-state index < -0.39 is 0 Å². The van der Waals surface area contributed by atoms with Crippen LogP contribution in [0, 0.1) is 13.8 Å². The first-order chi connectivity index (χ1) is 16.7. The summed E-state index contributed by atoms with van der Waals surface area (Å²) in [6, 6.07) is 31.1. The van der Waals surface area contributed by atoms with Crippen molar-refractivity contribution < 1.29 is 4.74 Å². The summed E-state index contributed by atoms with van der Waals surface area (Å²) in [7, 11) is 0. The van der Waals surface area contributed by atoms with Crippen LogP contribution in [0.15, 0.2) is 103 Å². The van der Waals surface area contributed by atoms with E-state index in [4.69, 9.17) is 9.72 Å². The number of ether oxygens (including phenoxy) is 1. The molecular formula is C30H23N3O. The number of fused-ring (bicyclic) bond motifs is 3. The van der Waals surface area contributed by atoms with E-state index in [1.54, 1.807) is 6.20 Å². The molecule has 0 fully saturated rings. The molecule has 0 saturated carbocycles. The lowest BCUT2D eigenvalue weighted by molar-refractivity contribution is 0.463. The van der Waals surface area contributed by atoms with Gasteiger partial charge in [-0.25, -0.2) is 9.97 Å². The molecule has 0 saturated heterocycles. The van der Waals surface area contributed by atoms with Crippen LogP contribution in [0.1, 0.15) is 11.1 Å². The fourth-order valence-corrected chi connectivity index (χ4v) is 4.40. The second-order valence-electron chi connectivity index (χ2n) is 8.51. The molecule has 0 N–H and O–H groups in total. The molecule has 0 aliphatic carbocycles. The lowest BCUT2D eigenvalue weighted by Crippen LogP contribution is -1.99. The SMILES string of the molecule is Cc1cnc(-n2c3ccccc3c3ccc(-c4cccc(Oc5ccccn5)c4)cc32)cc1C. The third-order valence-corrected chi connectivity index (χ3v) is 6.29. The minimum Gasteiger partial charge on any atom is -0.439 e. The van der Waals surface area contributed by atoms with Gasteiger partial charge < -0.3 is 4.74 Å². The van der Waals surface area contributed by atoms with E-state index in [9.17, 15) is 0 Å². The average Bonchev–Trinajstić information content (AvgIpc) is 3.20. The number of hydrogen-bond donors (Lipinski definition) is 0. The van der Waals surface area contributed by atoms with Crippen LogP contribution in [-0.4, -0.2) is 14.5 Å². The van der Waals surface area contributed by atoms with Crippen LogP contribution in [0.25, 0.3) is 38.8 Å². The summed E-state index contributed by atoms with van der Waals surface area (Å²) < 4.78 is 8.23. The first-order valence-electron chi connectivity index (χ1n) is 11.3. The lowest BCUT2D eigenvalue weighted by Gasteiger charge is -2.10. The molecule has 34 heavy (non-hydrogen) atoms. The van der Waals surface area contributed by atoms with Crippen LogP contribution in [0.2, 0.25) is 0 Å². The zero-order valence-corrected chi connectivity index (χ0v) is 19.1. The highest BCUT2D eigenvalue weighted by atomic mass is 16.5. The Labute approximate surface area is 198 Å². The summed E-state index contributed by atoms with van der Waals surface area (Å²) >= 11 is 0. The third kappa shape index (κ3) is 3.50. The molecule has 6 aromatic rings. The monoisotopic (exact) mass is 441 g/mol. The molecule has 0 radical (unpaired) electrons. The second kappa shape index (κ2) is 8.16. The molecule has 0 spiro atoms.